The molecule has 0 saturated carbocycles. The molecule has 122 valence electrons. The van der Waals surface area contributed by atoms with E-state index in [1.807, 2.05) is 24.4 Å². The largest absolute Gasteiger partial charge is 0.621 e. The molecule has 0 saturated heterocycles. The highest BCUT2D eigenvalue weighted by atomic mass is 16.5. The second-order valence-electron chi connectivity index (χ2n) is 6.66. The number of rotatable bonds is 4. The van der Waals surface area contributed by atoms with Gasteiger partial charge in [0.1, 0.15) is 11.7 Å². The summed E-state index contributed by atoms with van der Waals surface area (Å²) < 4.78 is 0. The van der Waals surface area contributed by atoms with Crippen molar-refractivity contribution in [3.63, 3.8) is 0 Å². The molecule has 1 aromatic heterocycles. The molecule has 0 radical (unpaired) electrons. The summed E-state index contributed by atoms with van der Waals surface area (Å²) in [7, 11) is 0. The van der Waals surface area contributed by atoms with Gasteiger partial charge in [0.05, 0.1) is 5.70 Å². The van der Waals surface area contributed by atoms with Crippen molar-refractivity contribution < 1.29 is 9.86 Å². The summed E-state index contributed by atoms with van der Waals surface area (Å²) in [5.74, 6) is 0.0517. The zero-order chi connectivity index (χ0) is 16.6. The van der Waals surface area contributed by atoms with Crippen molar-refractivity contribution in [3.05, 3.63) is 52.6 Å². The second kappa shape index (κ2) is 6.18. The Kier molecular flexibility index (Phi) is 4.24. The molecule has 23 heavy (non-hydrogen) atoms. The Bertz CT molecular complexity index is 760. The zero-order valence-corrected chi connectivity index (χ0v) is 13.8. The van der Waals surface area contributed by atoms with Crippen molar-refractivity contribution in [2.75, 3.05) is 0 Å². The number of H-pyrrole nitrogens is 1. The molecule has 3 N–H and O–H groups in total. The van der Waals surface area contributed by atoms with Gasteiger partial charge in [0.2, 0.25) is 0 Å². The Morgan fingerprint density at radius 2 is 2.04 bits per heavy atom. The Morgan fingerprint density at radius 1 is 1.30 bits per heavy atom. The van der Waals surface area contributed by atoms with Gasteiger partial charge in [0.15, 0.2) is 0 Å². The number of fused-ring (bicyclic) bond motifs is 1. The number of hydrogen-bond donors (Lipinski definition) is 3. The summed E-state index contributed by atoms with van der Waals surface area (Å²) in [6.45, 7) is 5.86. The molecule has 0 aliphatic carbocycles. The summed E-state index contributed by atoms with van der Waals surface area (Å²) in [5.41, 5.74) is 3.62. The van der Waals surface area contributed by atoms with Gasteiger partial charge in [0.25, 0.3) is 0 Å². The standard InChI is InChI=1S/C18H23N3O2/c1-11(2)8-17-18(22)21(23)12(3)16(20-17)9-13-10-19-15-7-5-4-6-14(13)15/h4-7,10-11,17,19-21H,8-9H2,1-3H3. The Labute approximate surface area is 135 Å². The molecular weight excluding hydrogens is 290 g/mol. The van der Waals surface area contributed by atoms with Crippen LogP contribution in [0, 0.1) is 11.1 Å². The van der Waals surface area contributed by atoms with Gasteiger partial charge >= 0.3 is 5.91 Å². The van der Waals surface area contributed by atoms with Gasteiger partial charge in [-0.3, -0.25) is 5.06 Å². The molecule has 2 aromatic rings. The predicted molar refractivity (Wildman–Crippen MR) is 90.4 cm³/mol. The average molecular weight is 313 g/mol. The molecule has 0 bridgehead atoms. The number of para-hydroxylation sites is 1. The van der Waals surface area contributed by atoms with E-state index in [9.17, 15) is 10.0 Å². The van der Waals surface area contributed by atoms with Gasteiger partial charge in [-0.25, -0.2) is 4.79 Å². The maximum Gasteiger partial charge on any atom is 0.339 e. The van der Waals surface area contributed by atoms with Gasteiger partial charge in [-0.2, -0.15) is 0 Å². The number of nitrogens with one attached hydrogen (secondary N) is 3. The third-order valence-corrected chi connectivity index (χ3v) is 4.43. The maximum absolute atomic E-state index is 12.3. The van der Waals surface area contributed by atoms with E-state index in [-0.39, 0.29) is 11.0 Å². The molecule has 2 unspecified atom stereocenters. The zero-order valence-electron chi connectivity index (χ0n) is 13.8. The number of amides is 1. The number of aromatic amines is 1. The number of aromatic nitrogens is 1. The summed E-state index contributed by atoms with van der Waals surface area (Å²) in [6, 6.07) is 7.70. The highest BCUT2D eigenvalue weighted by Gasteiger charge is 2.33. The molecule has 1 amide bonds. The lowest BCUT2D eigenvalue weighted by molar-refractivity contribution is -0.725. The number of carbonyl (C=O) groups is 1. The van der Waals surface area contributed by atoms with Crippen molar-refractivity contribution in [1.82, 2.24) is 10.3 Å². The summed E-state index contributed by atoms with van der Waals surface area (Å²) in [5, 5.41) is 16.4. The van der Waals surface area contributed by atoms with E-state index in [1.165, 1.54) is 0 Å². The van der Waals surface area contributed by atoms with Crippen molar-refractivity contribution in [2.45, 2.75) is 39.7 Å². The first-order chi connectivity index (χ1) is 11.0. The fourth-order valence-corrected chi connectivity index (χ4v) is 3.15. The third kappa shape index (κ3) is 3.02. The molecular formula is C18H23N3O2. The van der Waals surface area contributed by atoms with Gasteiger partial charge < -0.3 is 15.5 Å². The van der Waals surface area contributed by atoms with E-state index in [0.29, 0.717) is 24.5 Å². The van der Waals surface area contributed by atoms with Crippen LogP contribution < -0.4 is 10.4 Å². The molecule has 2 heterocycles. The fourth-order valence-electron chi connectivity index (χ4n) is 3.15. The molecule has 3 rings (SSSR count). The number of benzene rings is 1. The van der Waals surface area contributed by atoms with Gasteiger partial charge in [-0.15, -0.1) is 0 Å². The van der Waals surface area contributed by atoms with Crippen LogP contribution in [0.15, 0.2) is 41.9 Å². The van der Waals surface area contributed by atoms with Crippen LogP contribution in [-0.4, -0.2) is 16.9 Å². The van der Waals surface area contributed by atoms with Crippen LogP contribution >= 0.6 is 0 Å². The number of hydroxylamine groups is 2. The molecule has 1 aliphatic heterocycles. The lowest BCUT2D eigenvalue weighted by atomic mass is 9.98. The van der Waals surface area contributed by atoms with Crippen LogP contribution in [0.2, 0.25) is 0 Å². The summed E-state index contributed by atoms with van der Waals surface area (Å²) in [6.07, 6.45) is 3.28. The number of hydrogen-bond acceptors (Lipinski definition) is 3. The number of allylic oxidation sites excluding steroid dienone is 2. The molecule has 1 aromatic carbocycles. The Morgan fingerprint density at radius 3 is 2.78 bits per heavy atom. The SMILES string of the molecule is CC1=C(Cc2c[nH]c3ccccc23)NC(CC(C)C)C(=O)[NH+]1[O-]. The van der Waals surface area contributed by atoms with Crippen molar-refractivity contribution in [2.24, 2.45) is 5.92 Å². The normalized spacial score (nSPS) is 22.0. The molecule has 2 atom stereocenters. The molecule has 5 heteroatoms. The van der Waals surface area contributed by atoms with Crippen LogP contribution in [0.4, 0.5) is 0 Å². The summed E-state index contributed by atoms with van der Waals surface area (Å²) >= 11 is 0. The molecule has 0 fully saturated rings. The van der Waals surface area contributed by atoms with Gasteiger partial charge in [-0.05, 0) is 24.0 Å². The number of carbonyl (C=O) groups excluding carboxylic acids is 1. The van der Waals surface area contributed by atoms with Crippen LogP contribution in [0.25, 0.3) is 10.9 Å². The number of quaternary nitrogens is 1. The Hall–Kier alpha value is -2.11. The molecule has 0 spiro atoms. The highest BCUT2D eigenvalue weighted by Crippen LogP contribution is 2.21. The van der Waals surface area contributed by atoms with Crippen molar-refractivity contribution in [3.8, 4) is 0 Å². The predicted octanol–water partition coefficient (Wildman–Crippen LogP) is 1.87. The Balaban J connectivity index is 1.90. The minimum absolute atomic E-state index is 0.307. The minimum atomic E-state index is -0.397. The molecule has 1 aliphatic rings. The van der Waals surface area contributed by atoms with Gasteiger partial charge in [0, 0.05) is 30.4 Å². The van der Waals surface area contributed by atoms with Crippen LogP contribution in [-0.2, 0) is 11.2 Å². The smallest absolute Gasteiger partial charge is 0.339 e. The van der Waals surface area contributed by atoms with E-state index in [0.717, 1.165) is 22.2 Å². The van der Waals surface area contributed by atoms with E-state index in [4.69, 9.17) is 0 Å². The second-order valence-corrected chi connectivity index (χ2v) is 6.66. The lowest BCUT2D eigenvalue weighted by Crippen LogP contribution is -3.11. The lowest BCUT2D eigenvalue weighted by Gasteiger charge is -2.34. The fraction of sp³-hybridized carbons (Fsp3) is 0.389. The highest BCUT2D eigenvalue weighted by molar-refractivity contribution is 5.83. The van der Waals surface area contributed by atoms with Crippen LogP contribution in [0.5, 0.6) is 0 Å². The van der Waals surface area contributed by atoms with E-state index < -0.39 is 6.04 Å². The molecule has 5 nitrogen and oxygen atoms in total. The van der Waals surface area contributed by atoms with E-state index in [2.05, 4.69) is 30.2 Å². The third-order valence-electron chi connectivity index (χ3n) is 4.43. The van der Waals surface area contributed by atoms with Crippen molar-refractivity contribution in [1.29, 1.82) is 0 Å². The quantitative estimate of drug-likeness (QED) is 0.755. The van der Waals surface area contributed by atoms with E-state index >= 15 is 0 Å². The van der Waals surface area contributed by atoms with Crippen LogP contribution in [0.3, 0.4) is 0 Å². The first-order valence-corrected chi connectivity index (χ1v) is 8.07. The van der Waals surface area contributed by atoms with Crippen molar-refractivity contribution >= 4 is 16.8 Å². The summed E-state index contributed by atoms with van der Waals surface area (Å²) in [4.78, 5) is 15.4. The first-order valence-electron chi connectivity index (χ1n) is 8.07. The monoisotopic (exact) mass is 313 g/mol. The van der Waals surface area contributed by atoms with E-state index in [1.54, 1.807) is 6.92 Å². The first kappa shape index (κ1) is 15.8. The minimum Gasteiger partial charge on any atom is -0.621 e. The average Bonchev–Trinajstić information content (AvgIpc) is 2.93. The van der Waals surface area contributed by atoms with Crippen LogP contribution in [0.1, 0.15) is 32.8 Å². The topological polar surface area (TPSA) is 72.4 Å². The maximum atomic E-state index is 12.3. The van der Waals surface area contributed by atoms with Gasteiger partial charge in [-0.1, -0.05) is 32.0 Å².